The van der Waals surface area contributed by atoms with Crippen LogP contribution in [0.2, 0.25) is 0 Å². The van der Waals surface area contributed by atoms with Gasteiger partial charge < -0.3 is 4.74 Å². The van der Waals surface area contributed by atoms with E-state index in [2.05, 4.69) is 24.6 Å². The molecule has 0 bridgehead atoms. The number of aryl methyl sites for hydroxylation is 1. The molecule has 112 valence electrons. The van der Waals surface area contributed by atoms with Crippen LogP contribution >= 0.6 is 0 Å². The van der Waals surface area contributed by atoms with E-state index in [0.29, 0.717) is 23.9 Å². The summed E-state index contributed by atoms with van der Waals surface area (Å²) < 4.78 is 10.1. The molecule has 0 saturated carbocycles. The average molecular weight is 298 g/mol. The lowest BCUT2D eigenvalue weighted by molar-refractivity contribution is 0.310. The van der Waals surface area contributed by atoms with Gasteiger partial charge in [0.25, 0.3) is 0 Å². The molecule has 7 nitrogen and oxygen atoms in total. The summed E-state index contributed by atoms with van der Waals surface area (Å²) in [5, 5.41) is 3.57. The molecule has 0 radical (unpaired) electrons. The molecule has 3 rings (SSSR count). The van der Waals surface area contributed by atoms with E-state index < -0.39 is 5.76 Å². The van der Waals surface area contributed by atoms with Crippen molar-refractivity contribution < 1.29 is 9.26 Å². The molecule has 0 aliphatic rings. The van der Waals surface area contributed by atoms with Crippen molar-refractivity contribution in [3.63, 3.8) is 0 Å². The van der Waals surface area contributed by atoms with Gasteiger partial charge in [-0.25, -0.2) is 9.78 Å². The quantitative estimate of drug-likeness (QED) is 0.698. The summed E-state index contributed by atoms with van der Waals surface area (Å²) >= 11 is 0. The Bertz CT molecular complexity index is 765. The van der Waals surface area contributed by atoms with Crippen LogP contribution in [0.25, 0.3) is 11.5 Å². The molecule has 0 aliphatic heterocycles. The molecule has 0 unspecified atom stereocenters. The number of nitrogens with one attached hydrogen (secondary N) is 1. The molecular weight excluding hydrogens is 284 g/mol. The number of nitrogens with zero attached hydrogens (tertiary/aromatic N) is 3. The van der Waals surface area contributed by atoms with E-state index in [1.165, 1.54) is 5.56 Å². The summed E-state index contributed by atoms with van der Waals surface area (Å²) in [5.74, 6) is 0.362. The van der Waals surface area contributed by atoms with Crippen LogP contribution in [-0.4, -0.2) is 26.7 Å². The minimum absolute atomic E-state index is 0.299. The topological polar surface area (TPSA) is 93.9 Å². The van der Waals surface area contributed by atoms with Crippen molar-refractivity contribution in [2.24, 2.45) is 0 Å². The van der Waals surface area contributed by atoms with Crippen LogP contribution in [0.5, 0.6) is 5.75 Å². The number of hydrogen-bond donors (Lipinski definition) is 1. The van der Waals surface area contributed by atoms with E-state index in [1.807, 2.05) is 18.3 Å². The van der Waals surface area contributed by atoms with Crippen molar-refractivity contribution in [3.05, 3.63) is 59.0 Å². The van der Waals surface area contributed by atoms with Gasteiger partial charge >= 0.3 is 5.76 Å². The van der Waals surface area contributed by atoms with Gasteiger partial charge in [-0.15, -0.1) is 0 Å². The predicted molar refractivity (Wildman–Crippen MR) is 78.4 cm³/mol. The van der Waals surface area contributed by atoms with Crippen LogP contribution in [0.1, 0.15) is 12.0 Å². The van der Waals surface area contributed by atoms with Crippen LogP contribution in [0.4, 0.5) is 0 Å². The van der Waals surface area contributed by atoms with Gasteiger partial charge in [0.1, 0.15) is 11.4 Å². The molecule has 0 spiro atoms. The molecule has 0 aromatic carbocycles. The SMILES string of the molecule is O=c1[nH]c(-c2ccc(OCCCc3cccnc3)cn2)no1. The molecule has 3 aromatic heterocycles. The summed E-state index contributed by atoms with van der Waals surface area (Å²) in [6, 6.07) is 7.46. The van der Waals surface area contributed by atoms with Gasteiger partial charge in [-0.2, -0.15) is 0 Å². The van der Waals surface area contributed by atoms with Crippen LogP contribution in [-0.2, 0) is 6.42 Å². The number of aromatic nitrogens is 4. The molecule has 0 saturated heterocycles. The van der Waals surface area contributed by atoms with Crippen molar-refractivity contribution in [2.75, 3.05) is 6.61 Å². The third-order valence-corrected chi connectivity index (χ3v) is 3.02. The third-order valence-electron chi connectivity index (χ3n) is 3.02. The van der Waals surface area contributed by atoms with E-state index in [9.17, 15) is 4.79 Å². The summed E-state index contributed by atoms with van der Waals surface area (Å²) in [6.45, 7) is 0.594. The number of H-pyrrole nitrogens is 1. The molecule has 7 heteroatoms. The second-order valence-corrected chi connectivity index (χ2v) is 4.64. The summed E-state index contributed by atoms with van der Waals surface area (Å²) in [5.41, 5.74) is 1.71. The van der Waals surface area contributed by atoms with Gasteiger partial charge in [-0.3, -0.25) is 14.5 Å². The Morgan fingerprint density at radius 2 is 2.18 bits per heavy atom. The number of hydrogen-bond acceptors (Lipinski definition) is 6. The zero-order valence-corrected chi connectivity index (χ0v) is 11.7. The lowest BCUT2D eigenvalue weighted by atomic mass is 10.2. The van der Waals surface area contributed by atoms with Gasteiger partial charge in [-0.05, 0) is 36.6 Å². The normalized spacial score (nSPS) is 10.5. The molecule has 0 amide bonds. The summed E-state index contributed by atoms with van der Waals surface area (Å²) in [6.07, 6.45) is 7.01. The Morgan fingerprint density at radius 3 is 2.86 bits per heavy atom. The van der Waals surface area contributed by atoms with E-state index in [4.69, 9.17) is 4.74 Å². The fraction of sp³-hybridized carbons (Fsp3) is 0.200. The minimum atomic E-state index is -0.604. The first-order valence-corrected chi connectivity index (χ1v) is 6.85. The van der Waals surface area contributed by atoms with Gasteiger partial charge in [0.2, 0.25) is 5.82 Å². The minimum Gasteiger partial charge on any atom is -0.492 e. The first-order chi connectivity index (χ1) is 10.8. The first kappa shape index (κ1) is 14.0. The van der Waals surface area contributed by atoms with Gasteiger partial charge in [0.05, 0.1) is 12.8 Å². The fourth-order valence-electron chi connectivity index (χ4n) is 1.96. The van der Waals surface area contributed by atoms with Crippen LogP contribution < -0.4 is 10.5 Å². The maximum atomic E-state index is 10.9. The van der Waals surface area contributed by atoms with Gasteiger partial charge in [-0.1, -0.05) is 11.2 Å². The molecule has 3 heterocycles. The van der Waals surface area contributed by atoms with Gasteiger partial charge in [0.15, 0.2) is 0 Å². The second-order valence-electron chi connectivity index (χ2n) is 4.64. The largest absolute Gasteiger partial charge is 0.492 e. The Kier molecular flexibility index (Phi) is 4.24. The standard InChI is InChI=1S/C15H14N4O3/c20-15-18-14(19-22-15)13-6-5-12(10-17-13)21-8-2-4-11-3-1-7-16-9-11/h1,3,5-7,9-10H,2,4,8H2,(H,18,19,20). The highest BCUT2D eigenvalue weighted by atomic mass is 16.5. The predicted octanol–water partition coefficient (Wildman–Crippen LogP) is 1.83. The maximum absolute atomic E-state index is 10.9. The highest BCUT2D eigenvalue weighted by Crippen LogP contribution is 2.15. The zero-order valence-electron chi connectivity index (χ0n) is 11.7. The molecule has 0 atom stereocenters. The van der Waals surface area contributed by atoms with E-state index >= 15 is 0 Å². The number of rotatable bonds is 6. The summed E-state index contributed by atoms with van der Waals surface area (Å²) in [4.78, 5) is 21.6. The monoisotopic (exact) mass is 298 g/mol. The van der Waals surface area contributed by atoms with E-state index in [0.717, 1.165) is 12.8 Å². The molecule has 0 aliphatic carbocycles. The molecule has 3 aromatic rings. The average Bonchev–Trinajstić information content (AvgIpc) is 3.00. The Hall–Kier alpha value is -2.96. The highest BCUT2D eigenvalue weighted by molar-refractivity contribution is 5.48. The van der Waals surface area contributed by atoms with Crippen molar-refractivity contribution in [2.45, 2.75) is 12.8 Å². The maximum Gasteiger partial charge on any atom is 0.439 e. The van der Waals surface area contributed by atoms with Crippen molar-refractivity contribution >= 4 is 0 Å². The Morgan fingerprint density at radius 1 is 1.23 bits per heavy atom. The smallest absolute Gasteiger partial charge is 0.439 e. The van der Waals surface area contributed by atoms with Crippen molar-refractivity contribution in [1.82, 2.24) is 20.1 Å². The summed E-state index contributed by atoms with van der Waals surface area (Å²) in [7, 11) is 0. The highest BCUT2D eigenvalue weighted by Gasteiger charge is 2.05. The van der Waals surface area contributed by atoms with Gasteiger partial charge in [0, 0.05) is 12.4 Å². The molecule has 0 fully saturated rings. The third kappa shape index (κ3) is 3.57. The second kappa shape index (κ2) is 6.66. The number of ether oxygens (including phenoxy) is 1. The van der Waals surface area contributed by atoms with Crippen LogP contribution in [0.3, 0.4) is 0 Å². The Balaban J connectivity index is 1.50. The lowest BCUT2D eigenvalue weighted by Crippen LogP contribution is -2.00. The van der Waals surface area contributed by atoms with E-state index in [1.54, 1.807) is 24.5 Å². The number of aromatic amines is 1. The van der Waals surface area contributed by atoms with Crippen LogP contribution in [0, 0.1) is 0 Å². The number of pyridine rings is 2. The lowest BCUT2D eigenvalue weighted by Gasteiger charge is -2.06. The first-order valence-electron chi connectivity index (χ1n) is 6.85. The molecule has 22 heavy (non-hydrogen) atoms. The molecule has 1 N–H and O–H groups in total. The molecular formula is C15H14N4O3. The Labute approximate surface area is 126 Å². The fourth-order valence-corrected chi connectivity index (χ4v) is 1.96. The van der Waals surface area contributed by atoms with Crippen LogP contribution in [0.15, 0.2) is 52.2 Å². The van der Waals surface area contributed by atoms with Crippen molar-refractivity contribution in [3.8, 4) is 17.3 Å². The van der Waals surface area contributed by atoms with E-state index in [-0.39, 0.29) is 0 Å². The van der Waals surface area contributed by atoms with Crippen molar-refractivity contribution in [1.29, 1.82) is 0 Å². The zero-order chi connectivity index (χ0) is 15.2.